The lowest BCUT2D eigenvalue weighted by Crippen LogP contribution is -2.05. The maximum Gasteiger partial charge on any atom is 0.209 e. The number of hydrogen-bond acceptors (Lipinski definition) is 5. The second kappa shape index (κ2) is 5.18. The third-order valence-electron chi connectivity index (χ3n) is 2.96. The van der Waals surface area contributed by atoms with Crippen molar-refractivity contribution in [3.63, 3.8) is 0 Å². The lowest BCUT2D eigenvalue weighted by Gasteiger charge is -2.07. The van der Waals surface area contributed by atoms with E-state index in [-0.39, 0.29) is 0 Å². The fraction of sp³-hybridized carbons (Fsp3) is 0.545. The van der Waals surface area contributed by atoms with Crippen molar-refractivity contribution in [1.82, 2.24) is 20.2 Å². The van der Waals surface area contributed by atoms with E-state index in [0.29, 0.717) is 5.25 Å². The molecule has 0 saturated heterocycles. The third-order valence-corrected chi connectivity index (χ3v) is 5.13. The van der Waals surface area contributed by atoms with Gasteiger partial charge in [0.05, 0.1) is 6.54 Å². The van der Waals surface area contributed by atoms with Crippen LogP contribution >= 0.6 is 23.1 Å². The van der Waals surface area contributed by atoms with E-state index in [0.717, 1.165) is 11.7 Å². The predicted molar refractivity (Wildman–Crippen MR) is 69.4 cm³/mol. The first-order valence-corrected chi connectivity index (χ1v) is 7.63. The van der Waals surface area contributed by atoms with Gasteiger partial charge in [0.25, 0.3) is 0 Å². The van der Waals surface area contributed by atoms with Gasteiger partial charge in [-0.3, -0.25) is 0 Å². The summed E-state index contributed by atoms with van der Waals surface area (Å²) < 4.78 is 1.91. The molecule has 1 fully saturated rings. The minimum absolute atomic E-state index is 0.711. The van der Waals surface area contributed by atoms with E-state index in [2.05, 4.69) is 33.0 Å². The van der Waals surface area contributed by atoms with Crippen molar-refractivity contribution in [2.24, 2.45) is 0 Å². The number of aromatic nitrogens is 4. The van der Waals surface area contributed by atoms with Gasteiger partial charge < -0.3 is 0 Å². The van der Waals surface area contributed by atoms with Crippen LogP contribution in [0.1, 0.15) is 30.6 Å². The third kappa shape index (κ3) is 2.69. The Morgan fingerprint density at radius 2 is 2.29 bits per heavy atom. The molecule has 17 heavy (non-hydrogen) atoms. The van der Waals surface area contributed by atoms with Crippen LogP contribution in [-0.2, 0) is 6.54 Å². The van der Waals surface area contributed by atoms with Crippen molar-refractivity contribution in [1.29, 1.82) is 0 Å². The quantitative estimate of drug-likeness (QED) is 0.853. The fourth-order valence-electron chi connectivity index (χ4n) is 2.09. The van der Waals surface area contributed by atoms with Crippen molar-refractivity contribution < 1.29 is 0 Å². The molecule has 1 saturated carbocycles. The molecule has 0 aromatic carbocycles. The molecule has 0 amide bonds. The van der Waals surface area contributed by atoms with Crippen LogP contribution < -0.4 is 0 Å². The molecule has 1 aliphatic carbocycles. The molecule has 4 nitrogen and oxygen atoms in total. The molecule has 0 N–H and O–H groups in total. The fourth-order valence-corrected chi connectivity index (χ4v) is 3.94. The molecule has 90 valence electrons. The topological polar surface area (TPSA) is 43.6 Å². The van der Waals surface area contributed by atoms with E-state index in [9.17, 15) is 0 Å². The van der Waals surface area contributed by atoms with E-state index in [1.807, 2.05) is 16.4 Å². The Morgan fingerprint density at radius 3 is 3.06 bits per heavy atom. The highest BCUT2D eigenvalue weighted by Crippen LogP contribution is 2.33. The van der Waals surface area contributed by atoms with Crippen LogP contribution in [0.25, 0.3) is 0 Å². The molecule has 2 aromatic rings. The SMILES string of the molecule is c1csc(Cn2nnnc2SC2CCCC2)c1. The average Bonchev–Trinajstić information content (AvgIpc) is 3.04. The smallest absolute Gasteiger partial charge is 0.209 e. The van der Waals surface area contributed by atoms with Crippen LogP contribution in [0.15, 0.2) is 22.7 Å². The Balaban J connectivity index is 1.70. The average molecular weight is 266 g/mol. The van der Waals surface area contributed by atoms with E-state index >= 15 is 0 Å². The van der Waals surface area contributed by atoms with E-state index < -0.39 is 0 Å². The molecule has 0 radical (unpaired) electrons. The molecule has 2 aromatic heterocycles. The maximum atomic E-state index is 4.13. The predicted octanol–water partition coefficient (Wildman–Crippen LogP) is 2.82. The van der Waals surface area contributed by atoms with Gasteiger partial charge in [0, 0.05) is 10.1 Å². The summed E-state index contributed by atoms with van der Waals surface area (Å²) in [7, 11) is 0. The molecular weight excluding hydrogens is 252 g/mol. The Labute approximate surface area is 108 Å². The molecule has 1 aliphatic rings. The second-order valence-corrected chi connectivity index (χ2v) is 6.52. The van der Waals surface area contributed by atoms with E-state index in [1.165, 1.54) is 30.6 Å². The number of nitrogens with zero attached hydrogens (tertiary/aromatic N) is 4. The summed E-state index contributed by atoms with van der Waals surface area (Å²) in [6, 6.07) is 4.19. The van der Waals surface area contributed by atoms with Gasteiger partial charge in [0.15, 0.2) is 0 Å². The van der Waals surface area contributed by atoms with E-state index in [1.54, 1.807) is 11.3 Å². The number of thiophene rings is 1. The highest BCUT2D eigenvalue weighted by molar-refractivity contribution is 7.99. The highest BCUT2D eigenvalue weighted by atomic mass is 32.2. The van der Waals surface area contributed by atoms with Gasteiger partial charge in [0.1, 0.15) is 0 Å². The summed E-state index contributed by atoms with van der Waals surface area (Å²) in [5, 5.41) is 15.8. The van der Waals surface area contributed by atoms with Crippen molar-refractivity contribution in [2.45, 2.75) is 42.6 Å². The maximum absolute atomic E-state index is 4.13. The van der Waals surface area contributed by atoms with Crippen LogP contribution in [0.4, 0.5) is 0 Å². The summed E-state index contributed by atoms with van der Waals surface area (Å²) in [6.45, 7) is 0.791. The van der Waals surface area contributed by atoms with E-state index in [4.69, 9.17) is 0 Å². The van der Waals surface area contributed by atoms with Gasteiger partial charge in [-0.15, -0.1) is 16.4 Å². The largest absolute Gasteiger partial charge is 0.215 e. The van der Waals surface area contributed by atoms with Crippen LogP contribution in [0.2, 0.25) is 0 Å². The first-order valence-electron chi connectivity index (χ1n) is 5.87. The van der Waals surface area contributed by atoms with Crippen molar-refractivity contribution in [2.75, 3.05) is 0 Å². The number of tetrazole rings is 1. The number of hydrogen-bond donors (Lipinski definition) is 0. The Hall–Kier alpha value is -0.880. The van der Waals surface area contributed by atoms with Crippen LogP contribution in [-0.4, -0.2) is 25.5 Å². The van der Waals surface area contributed by atoms with Gasteiger partial charge in [-0.2, -0.15) is 0 Å². The van der Waals surface area contributed by atoms with Gasteiger partial charge in [0.2, 0.25) is 5.16 Å². The standard InChI is InChI=1S/C11H14N4S2/c1-2-5-9(4-1)17-11-12-13-14-15(11)8-10-6-3-7-16-10/h3,6-7,9H,1-2,4-5,8H2. The van der Waals surface area contributed by atoms with Crippen LogP contribution in [0.3, 0.4) is 0 Å². The number of thioether (sulfide) groups is 1. The zero-order valence-electron chi connectivity index (χ0n) is 9.45. The van der Waals surface area contributed by atoms with Gasteiger partial charge in [-0.1, -0.05) is 30.7 Å². The van der Waals surface area contributed by atoms with Gasteiger partial charge >= 0.3 is 0 Å². The first-order chi connectivity index (χ1) is 8.42. The summed E-state index contributed by atoms with van der Waals surface area (Å²) in [5.41, 5.74) is 0. The second-order valence-electron chi connectivity index (χ2n) is 4.22. The summed E-state index contributed by atoms with van der Waals surface area (Å²) >= 11 is 3.58. The lowest BCUT2D eigenvalue weighted by atomic mass is 10.4. The van der Waals surface area contributed by atoms with Crippen LogP contribution in [0, 0.1) is 0 Å². The molecule has 2 heterocycles. The summed E-state index contributed by atoms with van der Waals surface area (Å²) in [4.78, 5) is 1.30. The molecule has 0 spiro atoms. The van der Waals surface area contributed by atoms with Gasteiger partial charge in [-0.05, 0) is 34.7 Å². The zero-order chi connectivity index (χ0) is 11.5. The van der Waals surface area contributed by atoms with Crippen molar-refractivity contribution in [3.8, 4) is 0 Å². The Kier molecular flexibility index (Phi) is 3.42. The minimum atomic E-state index is 0.711. The molecule has 0 aliphatic heterocycles. The van der Waals surface area contributed by atoms with Gasteiger partial charge in [-0.25, -0.2) is 4.68 Å². The molecule has 3 rings (SSSR count). The normalized spacial score (nSPS) is 16.7. The lowest BCUT2D eigenvalue weighted by molar-refractivity contribution is 0.607. The number of rotatable bonds is 4. The molecule has 0 atom stereocenters. The zero-order valence-corrected chi connectivity index (χ0v) is 11.1. The van der Waals surface area contributed by atoms with Crippen molar-refractivity contribution in [3.05, 3.63) is 22.4 Å². The van der Waals surface area contributed by atoms with Crippen molar-refractivity contribution >= 4 is 23.1 Å². The molecular formula is C11H14N4S2. The van der Waals surface area contributed by atoms with Crippen LogP contribution in [0.5, 0.6) is 0 Å². The molecule has 0 unspecified atom stereocenters. The minimum Gasteiger partial charge on any atom is -0.215 e. The monoisotopic (exact) mass is 266 g/mol. The Morgan fingerprint density at radius 1 is 1.41 bits per heavy atom. The highest BCUT2D eigenvalue weighted by Gasteiger charge is 2.19. The molecule has 6 heteroatoms. The Bertz CT molecular complexity index is 460. The first kappa shape index (κ1) is 11.2. The molecule has 0 bridgehead atoms. The summed E-state index contributed by atoms with van der Waals surface area (Å²) in [5.74, 6) is 0. The summed E-state index contributed by atoms with van der Waals surface area (Å²) in [6.07, 6.45) is 5.31.